The Hall–Kier alpha value is -3.59. The van der Waals surface area contributed by atoms with Crippen molar-refractivity contribution < 1.29 is 44.2 Å². The number of aliphatic hydroxyl groups excluding tert-OH is 1. The van der Waals surface area contributed by atoms with Crippen LogP contribution in [0.2, 0.25) is 0 Å². The summed E-state index contributed by atoms with van der Waals surface area (Å²) < 4.78 is 17.4. The lowest BCUT2D eigenvalue weighted by Gasteiger charge is -2.42. The Balaban J connectivity index is 1.53. The second kappa shape index (κ2) is 9.76. The highest BCUT2D eigenvalue weighted by Gasteiger charge is 2.49. The van der Waals surface area contributed by atoms with Crippen molar-refractivity contribution in [1.29, 1.82) is 0 Å². The molecule has 6 unspecified atom stereocenters. The number of rotatable bonds is 4. The number of anilines is 1. The Morgan fingerprint density at radius 2 is 1.88 bits per heavy atom. The van der Waals surface area contributed by atoms with Crippen molar-refractivity contribution in [1.82, 2.24) is 4.98 Å². The fourth-order valence-electron chi connectivity index (χ4n) is 6.09. The number of ketones is 2. The smallest absolute Gasteiger partial charge is 0.202 e. The largest absolute Gasteiger partial charge is 0.507 e. The molecule has 1 aliphatic heterocycles. The van der Waals surface area contributed by atoms with E-state index in [4.69, 9.17) is 25.7 Å². The van der Waals surface area contributed by atoms with E-state index in [1.807, 2.05) is 0 Å². The lowest BCUT2D eigenvalue weighted by molar-refractivity contribution is -0.248. The number of aromatic hydroxyl groups is 2. The molecule has 0 amide bonds. The first-order valence-corrected chi connectivity index (χ1v) is 13.9. The Labute approximate surface area is 238 Å². The summed E-state index contributed by atoms with van der Waals surface area (Å²) in [5.41, 5.74) is 9.70. The third-order valence-corrected chi connectivity index (χ3v) is 8.82. The number of methoxy groups -OCH3 is 1. The topological polar surface area (TPSA) is 208 Å². The maximum absolute atomic E-state index is 13.8. The van der Waals surface area contributed by atoms with Gasteiger partial charge in [-0.05, 0) is 13.0 Å². The molecule has 2 aliphatic carbocycles. The van der Waals surface area contributed by atoms with Crippen LogP contribution in [-0.4, -0.2) is 68.6 Å². The first-order chi connectivity index (χ1) is 19.4. The average molecular weight is 584 g/mol. The van der Waals surface area contributed by atoms with Gasteiger partial charge in [0.05, 0.1) is 47.8 Å². The van der Waals surface area contributed by atoms with Crippen LogP contribution in [0.25, 0.3) is 0 Å². The SMILES string of the molecule is COc1cccc2c1C(=O)c1c(O)c3c(c(O)c1C2=O)CC(O)(c1csc(N)n1)CC3OC1CC(N)C(O)C(C)O1. The third-order valence-electron chi connectivity index (χ3n) is 8.14. The first-order valence-electron chi connectivity index (χ1n) is 13.0. The Morgan fingerprint density at radius 1 is 1.15 bits per heavy atom. The number of aliphatic hydroxyl groups is 2. The maximum Gasteiger partial charge on any atom is 0.202 e. The lowest BCUT2D eigenvalue weighted by atomic mass is 9.72. The summed E-state index contributed by atoms with van der Waals surface area (Å²) in [4.78, 5) is 31.7. The van der Waals surface area contributed by atoms with Gasteiger partial charge < -0.3 is 46.1 Å². The minimum Gasteiger partial charge on any atom is -0.507 e. The Bertz CT molecular complexity index is 1580. The van der Waals surface area contributed by atoms with E-state index in [0.717, 1.165) is 11.3 Å². The van der Waals surface area contributed by atoms with E-state index in [2.05, 4.69) is 4.98 Å². The minimum atomic E-state index is -1.73. The van der Waals surface area contributed by atoms with Crippen molar-refractivity contribution >= 4 is 28.0 Å². The fourth-order valence-corrected chi connectivity index (χ4v) is 6.74. The molecule has 3 aliphatic rings. The van der Waals surface area contributed by atoms with Crippen molar-refractivity contribution in [2.75, 3.05) is 12.8 Å². The number of carbonyl (C=O) groups excluding carboxylic acids is 2. The van der Waals surface area contributed by atoms with Gasteiger partial charge in [-0.15, -0.1) is 11.3 Å². The summed E-state index contributed by atoms with van der Waals surface area (Å²) in [6.45, 7) is 1.64. The number of nitrogen functional groups attached to an aromatic ring is 1. The molecule has 0 radical (unpaired) electrons. The molecule has 2 heterocycles. The van der Waals surface area contributed by atoms with Gasteiger partial charge in [0.25, 0.3) is 0 Å². The number of ether oxygens (including phenoxy) is 3. The van der Waals surface area contributed by atoms with Crippen molar-refractivity contribution in [2.45, 2.75) is 62.4 Å². The van der Waals surface area contributed by atoms with Crippen LogP contribution >= 0.6 is 11.3 Å². The quantitative estimate of drug-likeness (QED) is 0.190. The maximum atomic E-state index is 13.8. The first kappa shape index (κ1) is 27.6. The highest BCUT2D eigenvalue weighted by molar-refractivity contribution is 7.13. The number of fused-ring (bicyclic) bond motifs is 3. The molecule has 6 rings (SSSR count). The number of hydrogen-bond acceptors (Lipinski definition) is 13. The molecule has 0 saturated carbocycles. The van der Waals surface area contributed by atoms with Gasteiger partial charge in [-0.3, -0.25) is 9.59 Å². The number of phenolic OH excluding ortho intramolecular Hbond substituents is 2. The van der Waals surface area contributed by atoms with E-state index in [1.165, 1.54) is 19.2 Å². The van der Waals surface area contributed by atoms with E-state index in [1.54, 1.807) is 18.4 Å². The number of nitrogens with zero attached hydrogens (tertiary/aromatic N) is 1. The molecule has 13 heteroatoms. The van der Waals surface area contributed by atoms with E-state index in [-0.39, 0.29) is 69.2 Å². The van der Waals surface area contributed by atoms with Crippen LogP contribution in [0.4, 0.5) is 5.13 Å². The van der Waals surface area contributed by atoms with Crippen molar-refractivity contribution in [3.05, 3.63) is 62.7 Å². The number of carbonyl (C=O) groups is 2. The van der Waals surface area contributed by atoms with Crippen LogP contribution in [-0.2, 0) is 21.5 Å². The average Bonchev–Trinajstić information content (AvgIpc) is 3.38. The van der Waals surface area contributed by atoms with Gasteiger partial charge in [-0.1, -0.05) is 12.1 Å². The summed E-state index contributed by atoms with van der Waals surface area (Å²) in [6.07, 6.45) is -4.03. The van der Waals surface area contributed by atoms with Gasteiger partial charge in [0.15, 0.2) is 17.2 Å². The molecule has 0 bridgehead atoms. The molecule has 216 valence electrons. The Morgan fingerprint density at radius 3 is 2.54 bits per heavy atom. The minimum absolute atomic E-state index is 0.0137. The fraction of sp³-hybridized carbons (Fsp3) is 0.393. The summed E-state index contributed by atoms with van der Waals surface area (Å²) in [5.74, 6) is -2.36. The zero-order chi connectivity index (χ0) is 29.4. The number of thiazole rings is 1. The number of nitrogens with two attached hydrogens (primary N) is 2. The lowest BCUT2D eigenvalue weighted by Crippen LogP contribution is -2.52. The van der Waals surface area contributed by atoms with Crippen LogP contribution in [0, 0.1) is 0 Å². The molecule has 12 nitrogen and oxygen atoms in total. The molecular weight excluding hydrogens is 554 g/mol. The van der Waals surface area contributed by atoms with Crippen molar-refractivity contribution in [2.24, 2.45) is 5.73 Å². The van der Waals surface area contributed by atoms with Crippen LogP contribution in [0.5, 0.6) is 17.2 Å². The second-order valence-electron chi connectivity index (χ2n) is 10.6. The van der Waals surface area contributed by atoms with Gasteiger partial charge in [0, 0.05) is 47.4 Å². The molecule has 1 aromatic heterocycles. The van der Waals surface area contributed by atoms with E-state index >= 15 is 0 Å². The number of hydrogen-bond donors (Lipinski definition) is 6. The monoisotopic (exact) mass is 583 g/mol. The highest BCUT2D eigenvalue weighted by atomic mass is 32.1. The molecule has 0 spiro atoms. The van der Waals surface area contributed by atoms with Crippen LogP contribution in [0.15, 0.2) is 23.6 Å². The molecule has 2 aromatic carbocycles. The van der Waals surface area contributed by atoms with Gasteiger partial charge in [-0.25, -0.2) is 4.98 Å². The summed E-state index contributed by atoms with van der Waals surface area (Å²) in [7, 11) is 1.36. The Kier molecular flexibility index (Phi) is 6.56. The van der Waals surface area contributed by atoms with Crippen molar-refractivity contribution in [3.63, 3.8) is 0 Å². The molecular formula is C28H29N3O9S. The van der Waals surface area contributed by atoms with Gasteiger partial charge in [0.1, 0.15) is 22.8 Å². The molecule has 41 heavy (non-hydrogen) atoms. The van der Waals surface area contributed by atoms with Crippen LogP contribution in [0.1, 0.15) is 74.5 Å². The summed E-state index contributed by atoms with van der Waals surface area (Å²) >= 11 is 1.12. The summed E-state index contributed by atoms with van der Waals surface area (Å²) in [6, 6.07) is 3.84. The van der Waals surface area contributed by atoms with Crippen LogP contribution in [0.3, 0.4) is 0 Å². The molecule has 1 fully saturated rings. The van der Waals surface area contributed by atoms with E-state index in [0.29, 0.717) is 0 Å². The normalized spacial score (nSPS) is 29.0. The number of aromatic nitrogens is 1. The van der Waals surface area contributed by atoms with Crippen LogP contribution < -0.4 is 16.2 Å². The second-order valence-corrected chi connectivity index (χ2v) is 11.5. The van der Waals surface area contributed by atoms with Gasteiger partial charge >= 0.3 is 0 Å². The zero-order valence-electron chi connectivity index (χ0n) is 22.2. The van der Waals surface area contributed by atoms with Gasteiger partial charge in [0.2, 0.25) is 5.78 Å². The van der Waals surface area contributed by atoms with E-state index < -0.39 is 59.3 Å². The molecule has 1 saturated heterocycles. The van der Waals surface area contributed by atoms with Gasteiger partial charge in [-0.2, -0.15) is 0 Å². The standard InChI is InChI=1S/C28H29N3O9S/c1-10-22(32)13(29)6-17(39-10)40-15-8-28(37,16-9-41-27(30)31-16)7-12-19(15)26(36)21-20(24(12)34)23(33)11-4-3-5-14(38-2)18(11)25(21)35/h3-5,9-10,13,15,17,22,32,34,36-37H,6-8,29H2,1-2H3,(H2,30,31). The highest BCUT2D eigenvalue weighted by Crippen LogP contribution is 2.54. The molecule has 3 aromatic rings. The predicted octanol–water partition coefficient (Wildman–Crippen LogP) is 1.64. The molecule has 8 N–H and O–H groups in total. The van der Waals surface area contributed by atoms with Crippen molar-refractivity contribution in [3.8, 4) is 17.2 Å². The van der Waals surface area contributed by atoms with E-state index in [9.17, 15) is 30.0 Å². The predicted molar refractivity (Wildman–Crippen MR) is 145 cm³/mol. The summed E-state index contributed by atoms with van der Waals surface area (Å²) in [5, 5.41) is 47.1. The molecule has 6 atom stereocenters. The third kappa shape index (κ3) is 4.19. The number of phenols is 2. The number of benzene rings is 2. The zero-order valence-corrected chi connectivity index (χ0v) is 23.0.